The first kappa shape index (κ1) is 23.2. The molecule has 1 amide bonds. The Morgan fingerprint density at radius 2 is 1.69 bits per heavy atom. The molecule has 36 heavy (non-hydrogen) atoms. The number of hydrogen-bond donors (Lipinski definition) is 3. The number of anilines is 5. The summed E-state index contributed by atoms with van der Waals surface area (Å²) >= 11 is 0. The van der Waals surface area contributed by atoms with E-state index >= 15 is 0 Å². The fourth-order valence-corrected chi connectivity index (χ4v) is 3.85. The highest BCUT2D eigenvalue weighted by atomic mass is 16.5. The molecular weight excluding hydrogens is 456 g/mol. The van der Waals surface area contributed by atoms with Crippen LogP contribution in [0.25, 0.3) is 10.8 Å². The molecule has 182 valence electrons. The lowest BCUT2D eigenvalue weighted by atomic mass is 10.1. The number of aromatic nitrogens is 3. The minimum atomic E-state index is -0.114. The summed E-state index contributed by atoms with van der Waals surface area (Å²) in [6.07, 6.45) is 1.66. The molecule has 0 spiro atoms. The summed E-state index contributed by atoms with van der Waals surface area (Å²) in [6, 6.07) is 21.5. The molecule has 0 unspecified atom stereocenters. The molecule has 1 saturated heterocycles. The van der Waals surface area contributed by atoms with Gasteiger partial charge in [0.2, 0.25) is 23.8 Å². The molecule has 0 atom stereocenters. The average Bonchev–Trinajstić information content (AvgIpc) is 2.90. The van der Waals surface area contributed by atoms with Crippen LogP contribution in [0.4, 0.5) is 29.2 Å². The SMILES string of the molecule is CC(=O)Nc1ccc(/C=N/Nc2nc(Nc3cccc4ccccc34)nc(N3CCOCC3)n2)cc1. The number of nitrogens with one attached hydrogen (secondary N) is 3. The molecule has 1 aliphatic heterocycles. The molecule has 3 aromatic carbocycles. The molecule has 0 bridgehead atoms. The predicted molar refractivity (Wildman–Crippen MR) is 142 cm³/mol. The van der Waals surface area contributed by atoms with Crippen molar-refractivity contribution in [3.8, 4) is 0 Å². The Kier molecular flexibility index (Phi) is 6.95. The number of hydrogen-bond acceptors (Lipinski definition) is 9. The van der Waals surface area contributed by atoms with Crippen LogP contribution in [0.5, 0.6) is 0 Å². The summed E-state index contributed by atoms with van der Waals surface area (Å²) in [5, 5.41) is 12.6. The van der Waals surface area contributed by atoms with Gasteiger partial charge in [-0.25, -0.2) is 5.43 Å². The summed E-state index contributed by atoms with van der Waals surface area (Å²) in [5.74, 6) is 1.17. The highest BCUT2D eigenvalue weighted by Gasteiger charge is 2.17. The van der Waals surface area contributed by atoms with Crippen LogP contribution < -0.4 is 21.0 Å². The lowest BCUT2D eigenvalue weighted by molar-refractivity contribution is -0.114. The van der Waals surface area contributed by atoms with Gasteiger partial charge in [-0.2, -0.15) is 20.1 Å². The standard InChI is InChI=1S/C26H26N8O2/c1-18(35)28-21-11-9-19(10-12-21)17-27-33-25-30-24(31-26(32-25)34-13-15-36-16-14-34)29-23-8-4-6-20-5-2-3-7-22(20)23/h2-12,17H,13-16H2,1H3,(H,28,35)(H2,29,30,31,32,33)/b27-17+. The maximum Gasteiger partial charge on any atom is 0.250 e. The molecule has 3 N–H and O–H groups in total. The normalized spacial score (nSPS) is 13.6. The quantitative estimate of drug-likeness (QED) is 0.267. The van der Waals surface area contributed by atoms with E-state index in [0.29, 0.717) is 44.1 Å². The van der Waals surface area contributed by atoms with E-state index in [-0.39, 0.29) is 5.91 Å². The van der Waals surface area contributed by atoms with Crippen molar-refractivity contribution in [3.05, 3.63) is 72.3 Å². The van der Waals surface area contributed by atoms with E-state index < -0.39 is 0 Å². The van der Waals surface area contributed by atoms with Crippen molar-refractivity contribution < 1.29 is 9.53 Å². The first-order chi connectivity index (χ1) is 17.6. The van der Waals surface area contributed by atoms with Crippen molar-refractivity contribution in [2.75, 3.05) is 47.3 Å². The largest absolute Gasteiger partial charge is 0.378 e. The van der Waals surface area contributed by atoms with E-state index in [1.54, 1.807) is 6.21 Å². The lowest BCUT2D eigenvalue weighted by Gasteiger charge is -2.27. The van der Waals surface area contributed by atoms with Crippen molar-refractivity contribution in [1.82, 2.24) is 15.0 Å². The zero-order chi connectivity index (χ0) is 24.7. The second-order valence-electron chi connectivity index (χ2n) is 8.21. The van der Waals surface area contributed by atoms with E-state index in [9.17, 15) is 4.79 Å². The fraction of sp³-hybridized carbons (Fsp3) is 0.192. The van der Waals surface area contributed by atoms with Crippen LogP contribution in [-0.4, -0.2) is 53.4 Å². The Morgan fingerprint density at radius 3 is 2.50 bits per heavy atom. The van der Waals surface area contributed by atoms with Gasteiger partial charge in [0, 0.05) is 36.8 Å². The number of carbonyl (C=O) groups is 1. The Labute approximate surface area is 208 Å². The van der Waals surface area contributed by atoms with Gasteiger partial charge in [-0.05, 0) is 29.1 Å². The number of fused-ring (bicyclic) bond motifs is 1. The van der Waals surface area contributed by atoms with Gasteiger partial charge in [-0.15, -0.1) is 0 Å². The minimum absolute atomic E-state index is 0.114. The maximum absolute atomic E-state index is 11.2. The summed E-state index contributed by atoms with van der Waals surface area (Å²) in [4.78, 5) is 27.0. The van der Waals surface area contributed by atoms with Gasteiger partial charge in [0.25, 0.3) is 0 Å². The summed E-state index contributed by atoms with van der Waals surface area (Å²) in [6.45, 7) is 4.10. The zero-order valence-corrected chi connectivity index (χ0v) is 19.8. The summed E-state index contributed by atoms with van der Waals surface area (Å²) in [7, 11) is 0. The predicted octanol–water partition coefficient (Wildman–Crippen LogP) is 4.01. The van der Waals surface area contributed by atoms with Crippen molar-refractivity contribution >= 4 is 52.1 Å². The van der Waals surface area contributed by atoms with Crippen LogP contribution >= 0.6 is 0 Å². The smallest absolute Gasteiger partial charge is 0.250 e. The van der Waals surface area contributed by atoms with Crippen LogP contribution in [0, 0.1) is 0 Å². The van der Waals surface area contributed by atoms with Gasteiger partial charge < -0.3 is 20.3 Å². The fourth-order valence-electron chi connectivity index (χ4n) is 3.85. The number of nitrogens with zero attached hydrogens (tertiary/aromatic N) is 5. The number of morpholine rings is 1. The topological polar surface area (TPSA) is 117 Å². The zero-order valence-electron chi connectivity index (χ0n) is 19.8. The number of rotatable bonds is 7. The number of benzene rings is 3. The molecular formula is C26H26N8O2. The Hall–Kier alpha value is -4.57. The number of amides is 1. The van der Waals surface area contributed by atoms with Gasteiger partial charge in [0.15, 0.2) is 0 Å². The third-order valence-corrected chi connectivity index (χ3v) is 5.56. The first-order valence-electron chi connectivity index (χ1n) is 11.6. The maximum atomic E-state index is 11.2. The van der Waals surface area contributed by atoms with Gasteiger partial charge in [-0.3, -0.25) is 4.79 Å². The van der Waals surface area contributed by atoms with E-state index in [4.69, 9.17) is 4.74 Å². The van der Waals surface area contributed by atoms with Gasteiger partial charge in [0.05, 0.1) is 19.4 Å². The Bertz CT molecular complexity index is 1380. The number of carbonyl (C=O) groups excluding carboxylic acids is 1. The van der Waals surface area contributed by atoms with E-state index in [1.165, 1.54) is 6.92 Å². The molecule has 1 aromatic heterocycles. The van der Waals surface area contributed by atoms with Crippen molar-refractivity contribution in [3.63, 3.8) is 0 Å². The monoisotopic (exact) mass is 482 g/mol. The molecule has 5 rings (SSSR count). The summed E-state index contributed by atoms with van der Waals surface area (Å²) < 4.78 is 5.48. The van der Waals surface area contributed by atoms with E-state index in [2.05, 4.69) is 59.2 Å². The molecule has 1 fully saturated rings. The molecule has 2 heterocycles. The molecule has 0 saturated carbocycles. The Balaban J connectivity index is 1.38. The van der Waals surface area contributed by atoms with Crippen LogP contribution in [0.1, 0.15) is 12.5 Å². The lowest BCUT2D eigenvalue weighted by Crippen LogP contribution is -2.37. The van der Waals surface area contributed by atoms with Crippen molar-refractivity contribution in [2.45, 2.75) is 6.92 Å². The van der Waals surface area contributed by atoms with Crippen LogP contribution in [0.3, 0.4) is 0 Å². The minimum Gasteiger partial charge on any atom is -0.378 e. The molecule has 0 aliphatic carbocycles. The first-order valence-corrected chi connectivity index (χ1v) is 11.6. The second kappa shape index (κ2) is 10.8. The summed E-state index contributed by atoms with van der Waals surface area (Å²) in [5.41, 5.74) is 5.41. The number of hydrazone groups is 1. The molecule has 10 nitrogen and oxygen atoms in total. The molecule has 1 aliphatic rings. The van der Waals surface area contributed by atoms with Gasteiger partial charge in [0.1, 0.15) is 0 Å². The van der Waals surface area contributed by atoms with Crippen LogP contribution in [0.2, 0.25) is 0 Å². The third kappa shape index (κ3) is 5.73. The van der Waals surface area contributed by atoms with Crippen molar-refractivity contribution in [1.29, 1.82) is 0 Å². The van der Waals surface area contributed by atoms with E-state index in [1.807, 2.05) is 48.5 Å². The van der Waals surface area contributed by atoms with Crippen LogP contribution in [0.15, 0.2) is 71.8 Å². The average molecular weight is 483 g/mol. The third-order valence-electron chi connectivity index (χ3n) is 5.56. The van der Waals surface area contributed by atoms with Crippen molar-refractivity contribution in [2.24, 2.45) is 5.10 Å². The molecule has 0 radical (unpaired) electrons. The highest BCUT2D eigenvalue weighted by Crippen LogP contribution is 2.26. The number of ether oxygens (including phenoxy) is 1. The van der Waals surface area contributed by atoms with Crippen LogP contribution in [-0.2, 0) is 9.53 Å². The molecule has 4 aromatic rings. The van der Waals surface area contributed by atoms with E-state index in [0.717, 1.165) is 27.7 Å². The van der Waals surface area contributed by atoms with Gasteiger partial charge in [-0.1, -0.05) is 48.5 Å². The molecule has 10 heteroatoms. The van der Waals surface area contributed by atoms with Gasteiger partial charge >= 0.3 is 0 Å². The second-order valence-corrected chi connectivity index (χ2v) is 8.21. The highest BCUT2D eigenvalue weighted by molar-refractivity contribution is 5.95. The Morgan fingerprint density at radius 1 is 0.944 bits per heavy atom.